The molecule has 0 saturated heterocycles. The summed E-state index contributed by atoms with van der Waals surface area (Å²) in [4.78, 5) is 9.53. The Kier molecular flexibility index (Phi) is 7.51. The molecule has 0 radical (unpaired) electrons. The van der Waals surface area contributed by atoms with Crippen molar-refractivity contribution in [1.82, 2.24) is 30.6 Å². The van der Waals surface area contributed by atoms with Gasteiger partial charge in [0, 0.05) is 44.4 Å². The number of H-pyrrole nitrogens is 2. The Morgan fingerprint density at radius 2 is 1.79 bits per heavy atom. The molecule has 0 bridgehead atoms. The van der Waals surface area contributed by atoms with E-state index in [1.165, 1.54) is 21.5 Å². The Hall–Kier alpha value is -3.65. The fourth-order valence-corrected chi connectivity index (χ4v) is 5.92. The number of nitrogens with zero attached hydrogens (tertiary/aromatic N) is 4. The number of nitrogens with one attached hydrogen (secondary N) is 2. The lowest BCUT2D eigenvalue weighted by atomic mass is 9.91. The molecule has 2 aromatic carbocycles. The number of aromatic nitrogens is 6. The molecule has 3 aromatic heterocycles. The lowest BCUT2D eigenvalue weighted by molar-refractivity contribution is 0.299. The number of hydrogen-bond acceptors (Lipinski definition) is 6. The molecule has 0 aliphatic heterocycles. The topological polar surface area (TPSA) is 92.4 Å². The fourth-order valence-electron chi connectivity index (χ4n) is 4.68. The number of tetrazole rings is 1. The Labute approximate surface area is 227 Å². The van der Waals surface area contributed by atoms with Crippen molar-refractivity contribution in [2.24, 2.45) is 0 Å². The van der Waals surface area contributed by atoms with E-state index in [-0.39, 0.29) is 10.7 Å². The van der Waals surface area contributed by atoms with Crippen molar-refractivity contribution in [1.29, 1.82) is 0 Å². The molecule has 7 nitrogen and oxygen atoms in total. The first-order chi connectivity index (χ1) is 18.3. The average molecular weight is 527 g/mol. The molecule has 5 aromatic rings. The van der Waals surface area contributed by atoms with E-state index in [1.807, 2.05) is 30.9 Å². The van der Waals surface area contributed by atoms with Gasteiger partial charge in [-0.2, -0.15) is 5.21 Å². The summed E-state index contributed by atoms with van der Waals surface area (Å²) >= 11 is 1.90. The van der Waals surface area contributed by atoms with E-state index in [0.29, 0.717) is 13.0 Å². The molecular weight excluding hydrogens is 492 g/mol. The fraction of sp³-hybridized carbons (Fsp3) is 0.333. The maximum absolute atomic E-state index is 6.27. The van der Waals surface area contributed by atoms with Crippen LogP contribution in [0.2, 0.25) is 0 Å². The van der Waals surface area contributed by atoms with E-state index < -0.39 is 0 Å². The van der Waals surface area contributed by atoms with Crippen molar-refractivity contribution in [3.63, 3.8) is 0 Å². The number of aryl methyl sites for hydroxylation is 2. The molecule has 5 rings (SSSR count). The van der Waals surface area contributed by atoms with Crippen molar-refractivity contribution in [3.8, 4) is 5.75 Å². The molecule has 8 heteroatoms. The van der Waals surface area contributed by atoms with Crippen LogP contribution in [0.4, 0.5) is 0 Å². The molecule has 0 fully saturated rings. The molecule has 1 atom stereocenters. The second-order valence-electron chi connectivity index (χ2n) is 10.7. The second-order valence-corrected chi connectivity index (χ2v) is 12.6. The standard InChI is InChI=1S/C30H34N6OS/c1-19-11-12-23(31-17-19)18-37-26-14-13-24-28(20(26)2)29(38-30(3,4)5)25(32-24)15-22(16-27-33-35-36-34-27)21-9-7-6-8-10-21/h6-14,17,22,32H,15-16,18H2,1-5H3,(H,33,34,35,36). The van der Waals surface area contributed by atoms with E-state index in [1.54, 1.807) is 0 Å². The number of benzene rings is 2. The van der Waals surface area contributed by atoms with E-state index >= 15 is 0 Å². The number of ether oxygens (including phenoxy) is 1. The molecule has 2 N–H and O–H groups in total. The third-order valence-electron chi connectivity index (χ3n) is 6.50. The van der Waals surface area contributed by atoms with Crippen molar-refractivity contribution in [2.75, 3.05) is 0 Å². The third kappa shape index (κ3) is 6.07. The number of rotatable bonds is 9. The van der Waals surface area contributed by atoms with Gasteiger partial charge >= 0.3 is 0 Å². The minimum Gasteiger partial charge on any atom is -0.487 e. The molecule has 1 unspecified atom stereocenters. The molecular formula is C30H34N6OS. The predicted molar refractivity (Wildman–Crippen MR) is 153 cm³/mol. The SMILES string of the molecule is Cc1ccc(COc2ccc3[nH]c(CC(Cc4nn[nH]n4)c4ccccc4)c(SC(C)(C)C)c3c2C)nc1. The molecule has 0 aliphatic carbocycles. The van der Waals surface area contributed by atoms with Gasteiger partial charge in [-0.25, -0.2) is 0 Å². The van der Waals surface area contributed by atoms with Gasteiger partial charge < -0.3 is 9.72 Å². The van der Waals surface area contributed by atoms with Crippen LogP contribution in [0.3, 0.4) is 0 Å². The molecule has 196 valence electrons. The smallest absolute Gasteiger partial charge is 0.175 e. The normalized spacial score (nSPS) is 12.7. The van der Waals surface area contributed by atoms with Crippen LogP contribution in [-0.2, 0) is 19.4 Å². The van der Waals surface area contributed by atoms with Gasteiger partial charge in [0.25, 0.3) is 0 Å². The summed E-state index contributed by atoms with van der Waals surface area (Å²) < 4.78 is 6.31. The minimum absolute atomic E-state index is 0.0366. The summed E-state index contributed by atoms with van der Waals surface area (Å²) in [7, 11) is 0. The zero-order valence-electron chi connectivity index (χ0n) is 22.6. The van der Waals surface area contributed by atoms with Crippen LogP contribution in [-0.4, -0.2) is 35.3 Å². The molecule has 38 heavy (non-hydrogen) atoms. The summed E-state index contributed by atoms with van der Waals surface area (Å²) in [6.07, 6.45) is 3.41. The van der Waals surface area contributed by atoms with Gasteiger partial charge in [0.1, 0.15) is 12.4 Å². The number of fused-ring (bicyclic) bond motifs is 1. The largest absolute Gasteiger partial charge is 0.487 e. The quantitative estimate of drug-likeness (QED) is 0.207. The van der Waals surface area contributed by atoms with Gasteiger partial charge in [-0.1, -0.05) is 62.4 Å². The highest BCUT2D eigenvalue weighted by atomic mass is 32.2. The Balaban J connectivity index is 1.52. The first-order valence-corrected chi connectivity index (χ1v) is 13.7. The second kappa shape index (κ2) is 11.0. The highest BCUT2D eigenvalue weighted by Gasteiger charge is 2.25. The first-order valence-electron chi connectivity index (χ1n) is 12.9. The van der Waals surface area contributed by atoms with Crippen LogP contribution >= 0.6 is 11.8 Å². The molecule has 0 amide bonds. The number of hydrogen-bond donors (Lipinski definition) is 2. The minimum atomic E-state index is 0.0366. The van der Waals surface area contributed by atoms with Crippen molar-refractivity contribution in [2.45, 2.75) is 69.6 Å². The lowest BCUT2D eigenvalue weighted by Crippen LogP contribution is -2.11. The zero-order valence-corrected chi connectivity index (χ0v) is 23.4. The zero-order chi connectivity index (χ0) is 26.7. The number of thioether (sulfide) groups is 1. The van der Waals surface area contributed by atoms with E-state index in [9.17, 15) is 0 Å². The predicted octanol–water partition coefficient (Wildman–Crippen LogP) is 6.73. The summed E-state index contributed by atoms with van der Waals surface area (Å²) in [5.74, 6) is 1.80. The molecule has 3 heterocycles. The van der Waals surface area contributed by atoms with Crippen LogP contribution in [0.15, 0.2) is 65.7 Å². The summed E-state index contributed by atoms with van der Waals surface area (Å²) in [5.41, 5.74) is 6.80. The van der Waals surface area contributed by atoms with E-state index in [0.717, 1.165) is 40.3 Å². The van der Waals surface area contributed by atoms with Gasteiger partial charge in [0.2, 0.25) is 0 Å². The van der Waals surface area contributed by atoms with Crippen molar-refractivity contribution < 1.29 is 4.74 Å². The Morgan fingerprint density at radius 1 is 0.974 bits per heavy atom. The van der Waals surface area contributed by atoms with Gasteiger partial charge in [0.15, 0.2) is 5.82 Å². The Bertz CT molecular complexity index is 1490. The van der Waals surface area contributed by atoms with Gasteiger partial charge in [0.05, 0.1) is 5.69 Å². The first kappa shape index (κ1) is 26.0. The highest BCUT2D eigenvalue weighted by molar-refractivity contribution is 8.00. The molecule has 0 aliphatic rings. The van der Waals surface area contributed by atoms with Crippen molar-refractivity contribution >= 4 is 22.7 Å². The van der Waals surface area contributed by atoms with Gasteiger partial charge in [-0.3, -0.25) is 4.98 Å². The van der Waals surface area contributed by atoms with E-state index in [2.05, 4.69) is 107 Å². The molecule has 0 spiro atoms. The van der Waals surface area contributed by atoms with Crippen LogP contribution < -0.4 is 4.74 Å². The maximum Gasteiger partial charge on any atom is 0.175 e. The average Bonchev–Trinajstić information content (AvgIpc) is 3.52. The Morgan fingerprint density at radius 3 is 2.47 bits per heavy atom. The summed E-state index contributed by atoms with van der Waals surface area (Å²) in [6, 6.07) is 18.9. The summed E-state index contributed by atoms with van der Waals surface area (Å²) in [5, 5.41) is 16.1. The van der Waals surface area contributed by atoms with Crippen LogP contribution in [0.5, 0.6) is 5.75 Å². The van der Waals surface area contributed by atoms with Crippen LogP contribution in [0, 0.1) is 13.8 Å². The van der Waals surface area contributed by atoms with E-state index in [4.69, 9.17) is 4.74 Å². The lowest BCUT2D eigenvalue weighted by Gasteiger charge is -2.21. The number of aromatic amines is 2. The third-order valence-corrected chi connectivity index (χ3v) is 7.77. The van der Waals surface area contributed by atoms with Crippen LogP contribution in [0.25, 0.3) is 10.9 Å². The highest BCUT2D eigenvalue weighted by Crippen LogP contribution is 2.44. The molecule has 0 saturated carbocycles. The van der Waals surface area contributed by atoms with Gasteiger partial charge in [-0.15, -0.1) is 22.0 Å². The summed E-state index contributed by atoms with van der Waals surface area (Å²) in [6.45, 7) is 11.4. The van der Waals surface area contributed by atoms with Crippen LogP contribution in [0.1, 0.15) is 60.6 Å². The van der Waals surface area contributed by atoms with Crippen molar-refractivity contribution in [3.05, 3.63) is 94.7 Å². The number of pyridine rings is 1. The van der Waals surface area contributed by atoms with Gasteiger partial charge in [-0.05, 0) is 55.5 Å². The maximum atomic E-state index is 6.27. The monoisotopic (exact) mass is 526 g/mol.